The van der Waals surface area contributed by atoms with E-state index in [-0.39, 0.29) is 36.0 Å². The van der Waals surface area contributed by atoms with E-state index in [1.165, 1.54) is 6.92 Å². The summed E-state index contributed by atoms with van der Waals surface area (Å²) in [7, 11) is 1.89. The maximum atomic E-state index is 12.3. The van der Waals surface area contributed by atoms with Crippen LogP contribution < -0.4 is 16.0 Å². The molecule has 1 fully saturated rings. The van der Waals surface area contributed by atoms with Crippen molar-refractivity contribution in [3.63, 3.8) is 0 Å². The lowest BCUT2D eigenvalue weighted by Gasteiger charge is -2.30. The molecule has 6 heteroatoms. The minimum atomic E-state index is -0.499. The van der Waals surface area contributed by atoms with E-state index < -0.39 is 5.60 Å². The fraction of sp³-hybridized carbons (Fsp3) is 0.882. The first-order chi connectivity index (χ1) is 10.5. The minimum absolute atomic E-state index is 0.00354. The molecule has 1 aliphatic rings. The quantitative estimate of drug-likeness (QED) is 0.639. The summed E-state index contributed by atoms with van der Waals surface area (Å²) < 4.78 is 5.49. The largest absolute Gasteiger partial charge is 0.459 e. The molecule has 1 saturated heterocycles. The third kappa shape index (κ3) is 6.47. The van der Waals surface area contributed by atoms with Gasteiger partial charge < -0.3 is 15.4 Å². The number of nitrogens with one attached hydrogen (secondary N) is 3. The lowest BCUT2D eigenvalue weighted by atomic mass is 9.93. The average molecular weight is 327 g/mol. The van der Waals surface area contributed by atoms with Gasteiger partial charge in [0.15, 0.2) is 0 Å². The molecular weight excluding hydrogens is 294 g/mol. The molecule has 1 amide bonds. The molecule has 0 aromatic rings. The topological polar surface area (TPSA) is 79.5 Å². The van der Waals surface area contributed by atoms with E-state index in [9.17, 15) is 9.59 Å². The van der Waals surface area contributed by atoms with Gasteiger partial charge in [-0.25, -0.2) is 0 Å². The van der Waals surface area contributed by atoms with Crippen molar-refractivity contribution in [2.75, 3.05) is 7.05 Å². The van der Waals surface area contributed by atoms with E-state index >= 15 is 0 Å². The molecule has 1 aliphatic heterocycles. The van der Waals surface area contributed by atoms with Crippen molar-refractivity contribution in [1.29, 1.82) is 0 Å². The first-order valence-electron chi connectivity index (χ1n) is 8.46. The smallest absolute Gasteiger partial charge is 0.323 e. The number of amides is 1. The highest BCUT2D eigenvalue weighted by Crippen LogP contribution is 2.22. The molecular formula is C17H33N3O3. The summed E-state index contributed by atoms with van der Waals surface area (Å²) in [6, 6.07) is -0.246. The number of likely N-dealkylation sites (N-methyl/N-ethyl adjacent to an activating group) is 1. The van der Waals surface area contributed by atoms with Crippen molar-refractivity contribution in [2.24, 2.45) is 5.92 Å². The predicted molar refractivity (Wildman–Crippen MR) is 91.1 cm³/mol. The van der Waals surface area contributed by atoms with Gasteiger partial charge in [-0.15, -0.1) is 0 Å². The van der Waals surface area contributed by atoms with Crippen molar-refractivity contribution >= 4 is 11.9 Å². The zero-order chi connectivity index (χ0) is 17.8. The summed E-state index contributed by atoms with van der Waals surface area (Å²) in [6.45, 7) is 11.4. The van der Waals surface area contributed by atoms with Crippen LogP contribution in [-0.2, 0) is 14.3 Å². The van der Waals surface area contributed by atoms with Gasteiger partial charge >= 0.3 is 5.97 Å². The van der Waals surface area contributed by atoms with E-state index in [4.69, 9.17) is 4.74 Å². The summed E-state index contributed by atoms with van der Waals surface area (Å²) in [5, 5.41) is 9.67. The fourth-order valence-corrected chi connectivity index (χ4v) is 3.11. The van der Waals surface area contributed by atoms with Crippen molar-refractivity contribution in [3.05, 3.63) is 0 Å². The molecule has 1 heterocycles. The van der Waals surface area contributed by atoms with Crippen molar-refractivity contribution < 1.29 is 14.3 Å². The van der Waals surface area contributed by atoms with E-state index in [1.807, 2.05) is 27.8 Å². The number of hydrogen-bond donors (Lipinski definition) is 3. The van der Waals surface area contributed by atoms with E-state index in [0.29, 0.717) is 12.3 Å². The Balaban J connectivity index is 2.83. The Hall–Kier alpha value is -1.14. The molecule has 23 heavy (non-hydrogen) atoms. The van der Waals surface area contributed by atoms with Gasteiger partial charge in [-0.2, -0.15) is 0 Å². The minimum Gasteiger partial charge on any atom is -0.459 e. The molecule has 3 N–H and O–H groups in total. The van der Waals surface area contributed by atoms with Crippen LogP contribution >= 0.6 is 0 Å². The van der Waals surface area contributed by atoms with Gasteiger partial charge in [0.25, 0.3) is 0 Å². The molecule has 0 radical (unpaired) electrons. The second-order valence-corrected chi connectivity index (χ2v) is 7.85. The Bertz CT molecular complexity index is 418. The highest BCUT2D eigenvalue weighted by Gasteiger charge is 2.42. The van der Waals surface area contributed by atoms with Crippen molar-refractivity contribution in [2.45, 2.75) is 84.2 Å². The van der Waals surface area contributed by atoms with Crippen molar-refractivity contribution in [1.82, 2.24) is 16.0 Å². The standard InChI is InChI=1S/C17H33N3O3/c1-10(2)8-13(19-11(3)21)15-12(18-7)9-14(20-15)16(22)23-17(4,5)6/h10,12-15,18,20H,8-9H2,1-7H3,(H,19,21)/t12-,13+,14-,15+/m1/s1. The molecule has 6 nitrogen and oxygen atoms in total. The third-order valence-corrected chi connectivity index (χ3v) is 3.93. The van der Waals surface area contributed by atoms with Gasteiger partial charge in [0, 0.05) is 25.0 Å². The molecule has 1 rings (SSSR count). The first-order valence-corrected chi connectivity index (χ1v) is 8.46. The Labute approximate surface area is 140 Å². The van der Waals surface area contributed by atoms with E-state index in [1.54, 1.807) is 0 Å². The molecule has 0 bridgehead atoms. The molecule has 0 unspecified atom stereocenters. The Morgan fingerprint density at radius 3 is 2.35 bits per heavy atom. The SMILES string of the molecule is CN[C@@H]1C[C@H](C(=O)OC(C)(C)C)N[C@@H]1[C@H](CC(C)C)NC(C)=O. The summed E-state index contributed by atoms with van der Waals surface area (Å²) in [5.74, 6) is 0.172. The van der Waals surface area contributed by atoms with Crippen LogP contribution in [0.15, 0.2) is 0 Å². The van der Waals surface area contributed by atoms with Crippen LogP contribution in [0.3, 0.4) is 0 Å². The number of rotatable bonds is 6. The van der Waals surface area contributed by atoms with Gasteiger partial charge in [0.1, 0.15) is 11.6 Å². The van der Waals surface area contributed by atoms with Gasteiger partial charge in [-0.1, -0.05) is 13.8 Å². The zero-order valence-corrected chi connectivity index (χ0v) is 15.5. The summed E-state index contributed by atoms with van der Waals surface area (Å²) in [6.07, 6.45) is 1.51. The molecule has 0 spiro atoms. The van der Waals surface area contributed by atoms with Crippen LogP contribution in [0.4, 0.5) is 0 Å². The van der Waals surface area contributed by atoms with Gasteiger partial charge in [-0.3, -0.25) is 14.9 Å². The highest BCUT2D eigenvalue weighted by molar-refractivity contribution is 5.77. The van der Waals surface area contributed by atoms with Crippen LogP contribution in [0.5, 0.6) is 0 Å². The Morgan fingerprint density at radius 1 is 1.30 bits per heavy atom. The lowest BCUT2D eigenvalue weighted by Crippen LogP contribution is -2.55. The Morgan fingerprint density at radius 2 is 1.91 bits per heavy atom. The maximum absolute atomic E-state index is 12.3. The second-order valence-electron chi connectivity index (χ2n) is 7.85. The normalized spacial score (nSPS) is 26.2. The molecule has 134 valence electrons. The Kier molecular flexibility index (Phi) is 7.02. The maximum Gasteiger partial charge on any atom is 0.323 e. The van der Waals surface area contributed by atoms with Gasteiger partial charge in [-0.05, 0) is 46.6 Å². The van der Waals surface area contributed by atoms with Gasteiger partial charge in [0.05, 0.1) is 0 Å². The number of esters is 1. The lowest BCUT2D eigenvalue weighted by molar-refractivity contribution is -0.157. The van der Waals surface area contributed by atoms with Crippen LogP contribution in [0.25, 0.3) is 0 Å². The average Bonchev–Trinajstić information content (AvgIpc) is 2.78. The molecule has 0 aromatic heterocycles. The predicted octanol–water partition coefficient (Wildman–Crippen LogP) is 1.20. The zero-order valence-electron chi connectivity index (χ0n) is 15.5. The van der Waals surface area contributed by atoms with Gasteiger partial charge in [0.2, 0.25) is 5.91 Å². The summed E-state index contributed by atoms with van der Waals surface area (Å²) in [4.78, 5) is 23.9. The summed E-state index contributed by atoms with van der Waals surface area (Å²) >= 11 is 0. The van der Waals surface area contributed by atoms with Crippen LogP contribution in [0, 0.1) is 5.92 Å². The highest BCUT2D eigenvalue weighted by atomic mass is 16.6. The van der Waals surface area contributed by atoms with E-state index in [0.717, 1.165) is 6.42 Å². The molecule has 0 aliphatic carbocycles. The van der Waals surface area contributed by atoms with Crippen LogP contribution in [0.1, 0.15) is 54.4 Å². The summed E-state index contributed by atoms with van der Waals surface area (Å²) in [5.41, 5.74) is -0.499. The third-order valence-electron chi connectivity index (χ3n) is 3.93. The molecule has 4 atom stereocenters. The number of carbonyl (C=O) groups excluding carboxylic acids is 2. The van der Waals surface area contributed by atoms with E-state index in [2.05, 4.69) is 29.8 Å². The van der Waals surface area contributed by atoms with Crippen LogP contribution in [-0.4, -0.2) is 48.7 Å². The fourth-order valence-electron chi connectivity index (χ4n) is 3.11. The number of ether oxygens (including phenoxy) is 1. The molecule has 0 saturated carbocycles. The second kappa shape index (κ2) is 8.11. The number of hydrogen-bond acceptors (Lipinski definition) is 5. The van der Waals surface area contributed by atoms with Crippen molar-refractivity contribution in [3.8, 4) is 0 Å². The van der Waals surface area contributed by atoms with Crippen LogP contribution in [0.2, 0.25) is 0 Å². The monoisotopic (exact) mass is 327 g/mol. The first kappa shape index (κ1) is 19.9. The number of carbonyl (C=O) groups is 2. The molecule has 0 aromatic carbocycles.